The Hall–Kier alpha value is -1.96. The molecule has 0 radical (unpaired) electrons. The van der Waals surface area contributed by atoms with Crippen LogP contribution < -0.4 is 4.72 Å². The first-order valence-corrected chi connectivity index (χ1v) is 10.6. The largest absolute Gasteiger partial charge is 0.339 e. The summed E-state index contributed by atoms with van der Waals surface area (Å²) in [7, 11) is -3.85. The lowest BCUT2D eigenvalue weighted by Gasteiger charge is -2.26. The molecule has 1 aliphatic rings. The molecule has 27 heavy (non-hydrogen) atoms. The molecule has 3 rings (SSSR count). The Kier molecular flexibility index (Phi) is 6.14. The monoisotopic (exact) mass is 410 g/mol. The minimum absolute atomic E-state index is 0.0124. The van der Waals surface area contributed by atoms with Gasteiger partial charge in [-0.1, -0.05) is 23.7 Å². The number of hydrogen-bond acceptors (Lipinski definition) is 3. The van der Waals surface area contributed by atoms with Crippen LogP contribution in [0.1, 0.15) is 35.2 Å². The molecule has 0 unspecified atom stereocenters. The minimum atomic E-state index is -3.85. The van der Waals surface area contributed by atoms with Crippen LogP contribution in [0.3, 0.4) is 0 Å². The fourth-order valence-corrected chi connectivity index (χ4v) is 4.29. The molecule has 144 valence electrons. The molecule has 0 bridgehead atoms. The van der Waals surface area contributed by atoms with Gasteiger partial charge >= 0.3 is 0 Å². The fourth-order valence-electron chi connectivity index (χ4n) is 3.00. The molecule has 0 aliphatic carbocycles. The van der Waals surface area contributed by atoms with Crippen molar-refractivity contribution >= 4 is 27.5 Å². The highest BCUT2D eigenvalue weighted by molar-refractivity contribution is 7.89. The van der Waals surface area contributed by atoms with Gasteiger partial charge in [0, 0.05) is 25.2 Å². The number of piperidine rings is 1. The number of halogens is 2. The van der Waals surface area contributed by atoms with Crippen molar-refractivity contribution in [2.24, 2.45) is 0 Å². The number of nitrogens with zero attached hydrogens (tertiary/aromatic N) is 1. The molecule has 1 N–H and O–H groups in total. The van der Waals surface area contributed by atoms with Crippen molar-refractivity contribution in [1.29, 1.82) is 0 Å². The Morgan fingerprint density at radius 3 is 2.56 bits per heavy atom. The highest BCUT2D eigenvalue weighted by Gasteiger charge is 2.19. The summed E-state index contributed by atoms with van der Waals surface area (Å²) >= 11 is 5.66. The second kappa shape index (κ2) is 8.37. The summed E-state index contributed by atoms with van der Waals surface area (Å²) in [6, 6.07) is 10.1. The summed E-state index contributed by atoms with van der Waals surface area (Å²) in [5, 5.41) is -0.257. The molecule has 2 aromatic carbocycles. The smallest absolute Gasteiger partial charge is 0.253 e. The number of amides is 1. The summed E-state index contributed by atoms with van der Waals surface area (Å²) in [5.74, 6) is -0.718. The lowest BCUT2D eigenvalue weighted by molar-refractivity contribution is 0.0724. The molecular formula is C19H20ClFN2O3S. The van der Waals surface area contributed by atoms with E-state index < -0.39 is 15.8 Å². The van der Waals surface area contributed by atoms with E-state index in [9.17, 15) is 17.6 Å². The molecule has 0 spiro atoms. The molecule has 2 aromatic rings. The van der Waals surface area contributed by atoms with E-state index in [-0.39, 0.29) is 22.4 Å². The number of rotatable bonds is 5. The zero-order valence-corrected chi connectivity index (χ0v) is 16.2. The molecular weight excluding hydrogens is 391 g/mol. The Balaban J connectivity index is 1.70. The lowest BCUT2D eigenvalue weighted by atomic mass is 10.1. The van der Waals surface area contributed by atoms with Crippen LogP contribution in [0.25, 0.3) is 0 Å². The standard InChI is InChI=1S/C19H20ClFN2O3S/c20-17-12-16(7-8-18(17)21)27(25,26)22-13-14-5-4-6-15(11-14)19(24)23-9-2-1-3-10-23/h4-8,11-12,22H,1-3,9-10,13H2. The van der Waals surface area contributed by atoms with Crippen LogP contribution >= 0.6 is 11.6 Å². The van der Waals surface area contributed by atoms with E-state index in [0.29, 0.717) is 11.1 Å². The first-order valence-electron chi connectivity index (χ1n) is 8.70. The highest BCUT2D eigenvalue weighted by atomic mass is 35.5. The van der Waals surface area contributed by atoms with E-state index in [1.807, 2.05) is 4.90 Å². The van der Waals surface area contributed by atoms with Crippen LogP contribution in [0.4, 0.5) is 4.39 Å². The van der Waals surface area contributed by atoms with Gasteiger partial charge in [-0.05, 0) is 55.2 Å². The summed E-state index contributed by atoms with van der Waals surface area (Å²) in [6.45, 7) is 1.51. The second-order valence-electron chi connectivity index (χ2n) is 6.45. The Labute approximate surface area is 163 Å². The van der Waals surface area contributed by atoms with Gasteiger partial charge in [0.2, 0.25) is 10.0 Å². The van der Waals surface area contributed by atoms with E-state index in [1.54, 1.807) is 24.3 Å². The maximum absolute atomic E-state index is 13.2. The number of benzene rings is 2. The summed E-state index contributed by atoms with van der Waals surface area (Å²) in [5.41, 5.74) is 1.20. The van der Waals surface area contributed by atoms with Gasteiger partial charge in [-0.2, -0.15) is 0 Å². The lowest BCUT2D eigenvalue weighted by Crippen LogP contribution is -2.35. The van der Waals surface area contributed by atoms with Crippen molar-refractivity contribution in [3.63, 3.8) is 0 Å². The molecule has 1 heterocycles. The van der Waals surface area contributed by atoms with Crippen LogP contribution in [0, 0.1) is 5.82 Å². The molecule has 0 atom stereocenters. The SMILES string of the molecule is O=C(c1cccc(CNS(=O)(=O)c2ccc(F)c(Cl)c2)c1)N1CCCCC1. The summed E-state index contributed by atoms with van der Waals surface area (Å²) in [6.07, 6.45) is 3.15. The van der Waals surface area contributed by atoms with Gasteiger partial charge in [0.1, 0.15) is 5.82 Å². The van der Waals surface area contributed by atoms with Crippen LogP contribution in [0.5, 0.6) is 0 Å². The number of sulfonamides is 1. The normalized spacial score (nSPS) is 15.0. The van der Waals surface area contributed by atoms with E-state index >= 15 is 0 Å². The third-order valence-corrected chi connectivity index (χ3v) is 6.17. The highest BCUT2D eigenvalue weighted by Crippen LogP contribution is 2.20. The van der Waals surface area contributed by atoms with Crippen molar-refractivity contribution in [2.45, 2.75) is 30.7 Å². The van der Waals surface area contributed by atoms with Crippen molar-refractivity contribution in [2.75, 3.05) is 13.1 Å². The van der Waals surface area contributed by atoms with Crippen molar-refractivity contribution in [3.8, 4) is 0 Å². The molecule has 1 aliphatic heterocycles. The van der Waals surface area contributed by atoms with Crippen molar-refractivity contribution in [1.82, 2.24) is 9.62 Å². The predicted octanol–water partition coefficient (Wildman–Crippen LogP) is 3.58. The number of nitrogens with one attached hydrogen (secondary N) is 1. The minimum Gasteiger partial charge on any atom is -0.339 e. The number of carbonyl (C=O) groups excluding carboxylic acids is 1. The maximum Gasteiger partial charge on any atom is 0.253 e. The van der Waals surface area contributed by atoms with Crippen molar-refractivity contribution in [3.05, 3.63) is 64.4 Å². The van der Waals surface area contributed by atoms with Crippen LogP contribution in [-0.4, -0.2) is 32.3 Å². The molecule has 1 fully saturated rings. The third-order valence-electron chi connectivity index (χ3n) is 4.48. The van der Waals surface area contributed by atoms with Crippen LogP contribution in [-0.2, 0) is 16.6 Å². The summed E-state index contributed by atoms with van der Waals surface area (Å²) < 4.78 is 40.4. The van der Waals surface area contributed by atoms with Gasteiger partial charge in [-0.15, -0.1) is 0 Å². The average Bonchev–Trinajstić information content (AvgIpc) is 2.69. The Bertz CT molecular complexity index is 944. The molecule has 1 saturated heterocycles. The van der Waals surface area contributed by atoms with Gasteiger partial charge in [0.25, 0.3) is 5.91 Å². The zero-order chi connectivity index (χ0) is 19.4. The molecule has 0 saturated carbocycles. The third kappa shape index (κ3) is 4.86. The maximum atomic E-state index is 13.2. The van der Waals surface area contributed by atoms with Gasteiger partial charge in [0.05, 0.1) is 9.92 Å². The van der Waals surface area contributed by atoms with E-state index in [1.165, 1.54) is 0 Å². The fraction of sp³-hybridized carbons (Fsp3) is 0.316. The van der Waals surface area contributed by atoms with E-state index in [2.05, 4.69) is 4.72 Å². The Morgan fingerprint density at radius 2 is 1.85 bits per heavy atom. The zero-order valence-electron chi connectivity index (χ0n) is 14.6. The Morgan fingerprint density at radius 1 is 1.11 bits per heavy atom. The van der Waals surface area contributed by atoms with Gasteiger partial charge in [0.15, 0.2) is 0 Å². The molecule has 8 heteroatoms. The van der Waals surface area contributed by atoms with Gasteiger partial charge < -0.3 is 4.90 Å². The molecule has 1 amide bonds. The second-order valence-corrected chi connectivity index (χ2v) is 8.63. The quantitative estimate of drug-likeness (QED) is 0.819. The van der Waals surface area contributed by atoms with E-state index in [0.717, 1.165) is 50.6 Å². The van der Waals surface area contributed by atoms with Gasteiger partial charge in [-0.3, -0.25) is 4.79 Å². The topological polar surface area (TPSA) is 66.5 Å². The number of carbonyl (C=O) groups is 1. The number of likely N-dealkylation sites (tertiary alicyclic amines) is 1. The van der Waals surface area contributed by atoms with Gasteiger partial charge in [-0.25, -0.2) is 17.5 Å². The van der Waals surface area contributed by atoms with Crippen LogP contribution in [0.2, 0.25) is 5.02 Å². The predicted molar refractivity (Wildman–Crippen MR) is 102 cm³/mol. The van der Waals surface area contributed by atoms with Crippen LogP contribution in [0.15, 0.2) is 47.4 Å². The first kappa shape index (κ1) is 19.8. The number of hydrogen-bond donors (Lipinski definition) is 1. The summed E-state index contributed by atoms with van der Waals surface area (Å²) in [4.78, 5) is 14.3. The molecule has 5 nitrogen and oxygen atoms in total. The van der Waals surface area contributed by atoms with E-state index in [4.69, 9.17) is 11.6 Å². The molecule has 0 aromatic heterocycles. The first-order chi connectivity index (χ1) is 12.9. The van der Waals surface area contributed by atoms with Crippen molar-refractivity contribution < 1.29 is 17.6 Å². The average molecular weight is 411 g/mol.